The van der Waals surface area contributed by atoms with Crippen LogP contribution in [-0.4, -0.2) is 23.3 Å². The van der Waals surface area contributed by atoms with Gasteiger partial charge in [0.15, 0.2) is 5.13 Å². The Labute approximate surface area is 157 Å². The number of thiazole rings is 1. The lowest BCUT2D eigenvalue weighted by Crippen LogP contribution is -2.27. The van der Waals surface area contributed by atoms with Crippen molar-refractivity contribution in [2.24, 2.45) is 0 Å². The Morgan fingerprint density at radius 2 is 2.04 bits per heavy atom. The number of carbonyl (C=O) groups is 2. The van der Waals surface area contributed by atoms with E-state index in [1.54, 1.807) is 23.6 Å². The fourth-order valence-electron chi connectivity index (χ4n) is 2.28. The second-order valence-corrected chi connectivity index (χ2v) is 7.29. The number of aromatic nitrogens is 1. The standard InChI is InChI=1S/C18H16FN3O2S2/c19-13-4-1-3-12(9-13)6-7-20-16(23)10-14-11-26-18(21-14)22-17(24)15-5-2-8-25-15/h1-5,8-9,11H,6-7,10H2,(H,20,23)(H,21,22,24). The maximum absolute atomic E-state index is 13.1. The number of nitrogens with zero attached hydrogens (tertiary/aromatic N) is 1. The second kappa shape index (κ2) is 8.68. The molecule has 0 fully saturated rings. The summed E-state index contributed by atoms with van der Waals surface area (Å²) >= 11 is 2.63. The summed E-state index contributed by atoms with van der Waals surface area (Å²) in [5.41, 5.74) is 1.43. The monoisotopic (exact) mass is 389 g/mol. The number of thiophene rings is 1. The van der Waals surface area contributed by atoms with Crippen LogP contribution in [0, 0.1) is 5.82 Å². The van der Waals surface area contributed by atoms with Crippen LogP contribution in [0.25, 0.3) is 0 Å². The average Bonchev–Trinajstić information content (AvgIpc) is 3.27. The molecule has 2 amide bonds. The molecule has 3 aromatic rings. The quantitative estimate of drug-likeness (QED) is 0.650. The number of carbonyl (C=O) groups excluding carboxylic acids is 2. The Bertz CT molecular complexity index is 893. The van der Waals surface area contributed by atoms with Crippen molar-refractivity contribution < 1.29 is 14.0 Å². The van der Waals surface area contributed by atoms with E-state index in [4.69, 9.17) is 0 Å². The van der Waals surface area contributed by atoms with Gasteiger partial charge in [-0.3, -0.25) is 14.9 Å². The first-order valence-electron chi connectivity index (χ1n) is 7.90. The molecule has 0 saturated heterocycles. The number of hydrogen-bond acceptors (Lipinski definition) is 5. The van der Waals surface area contributed by atoms with E-state index >= 15 is 0 Å². The summed E-state index contributed by atoms with van der Waals surface area (Å²) in [4.78, 5) is 28.8. The first-order chi connectivity index (χ1) is 12.6. The van der Waals surface area contributed by atoms with Crippen LogP contribution < -0.4 is 10.6 Å². The molecule has 0 spiro atoms. The van der Waals surface area contributed by atoms with Crippen LogP contribution in [0.2, 0.25) is 0 Å². The van der Waals surface area contributed by atoms with E-state index in [0.29, 0.717) is 28.7 Å². The number of halogens is 1. The van der Waals surface area contributed by atoms with E-state index in [2.05, 4.69) is 15.6 Å². The molecule has 0 saturated carbocycles. The van der Waals surface area contributed by atoms with Gasteiger partial charge in [-0.05, 0) is 35.6 Å². The minimum absolute atomic E-state index is 0.133. The zero-order chi connectivity index (χ0) is 18.4. The highest BCUT2D eigenvalue weighted by molar-refractivity contribution is 7.14. The summed E-state index contributed by atoms with van der Waals surface area (Å²) < 4.78 is 13.1. The van der Waals surface area contributed by atoms with Gasteiger partial charge in [0.1, 0.15) is 5.82 Å². The number of anilines is 1. The van der Waals surface area contributed by atoms with Gasteiger partial charge in [-0.1, -0.05) is 18.2 Å². The molecule has 0 aliphatic heterocycles. The number of benzene rings is 1. The van der Waals surface area contributed by atoms with Crippen molar-refractivity contribution in [2.45, 2.75) is 12.8 Å². The van der Waals surface area contributed by atoms with Crippen LogP contribution in [0.5, 0.6) is 0 Å². The maximum Gasteiger partial charge on any atom is 0.267 e. The van der Waals surface area contributed by atoms with Crippen LogP contribution in [0.4, 0.5) is 9.52 Å². The highest BCUT2D eigenvalue weighted by atomic mass is 32.1. The molecule has 2 heterocycles. The molecule has 5 nitrogen and oxygen atoms in total. The van der Waals surface area contributed by atoms with E-state index < -0.39 is 0 Å². The van der Waals surface area contributed by atoms with Gasteiger partial charge in [0, 0.05) is 11.9 Å². The van der Waals surface area contributed by atoms with Crippen molar-refractivity contribution in [1.82, 2.24) is 10.3 Å². The van der Waals surface area contributed by atoms with Gasteiger partial charge in [0.25, 0.3) is 5.91 Å². The van der Waals surface area contributed by atoms with Gasteiger partial charge >= 0.3 is 0 Å². The highest BCUT2D eigenvalue weighted by Gasteiger charge is 2.11. The molecule has 2 aromatic heterocycles. The summed E-state index contributed by atoms with van der Waals surface area (Å²) in [6.45, 7) is 0.425. The van der Waals surface area contributed by atoms with Crippen molar-refractivity contribution >= 4 is 39.6 Å². The molecule has 3 rings (SSSR count). The van der Waals surface area contributed by atoms with E-state index in [-0.39, 0.29) is 24.1 Å². The summed E-state index contributed by atoms with van der Waals surface area (Å²) in [7, 11) is 0. The first kappa shape index (κ1) is 18.2. The van der Waals surface area contributed by atoms with Gasteiger partial charge < -0.3 is 5.32 Å². The van der Waals surface area contributed by atoms with Crippen molar-refractivity contribution in [3.63, 3.8) is 0 Å². The van der Waals surface area contributed by atoms with Gasteiger partial charge in [0.05, 0.1) is 17.0 Å². The second-order valence-electron chi connectivity index (χ2n) is 5.48. The van der Waals surface area contributed by atoms with Gasteiger partial charge in [-0.15, -0.1) is 22.7 Å². The Morgan fingerprint density at radius 1 is 1.15 bits per heavy atom. The third-order valence-corrected chi connectivity index (χ3v) is 5.16. The van der Waals surface area contributed by atoms with Crippen LogP contribution in [0.1, 0.15) is 20.9 Å². The van der Waals surface area contributed by atoms with Gasteiger partial charge in [0.2, 0.25) is 5.91 Å². The lowest BCUT2D eigenvalue weighted by Gasteiger charge is -2.04. The summed E-state index contributed by atoms with van der Waals surface area (Å²) in [5, 5.41) is 9.55. The van der Waals surface area contributed by atoms with E-state index in [9.17, 15) is 14.0 Å². The SMILES string of the molecule is O=C(Cc1csc(NC(=O)c2cccs2)n1)NCCc1cccc(F)c1. The van der Waals surface area contributed by atoms with Crippen molar-refractivity contribution in [1.29, 1.82) is 0 Å². The minimum Gasteiger partial charge on any atom is -0.355 e. The number of nitrogens with one attached hydrogen (secondary N) is 2. The molecule has 0 radical (unpaired) electrons. The largest absolute Gasteiger partial charge is 0.355 e. The zero-order valence-electron chi connectivity index (χ0n) is 13.7. The van der Waals surface area contributed by atoms with Gasteiger partial charge in [-0.25, -0.2) is 9.37 Å². The molecule has 2 N–H and O–H groups in total. The molecule has 0 aliphatic rings. The summed E-state index contributed by atoms with van der Waals surface area (Å²) in [6, 6.07) is 9.85. The van der Waals surface area contributed by atoms with E-state index in [1.807, 2.05) is 11.4 Å². The summed E-state index contributed by atoms with van der Waals surface area (Å²) in [5.74, 6) is -0.656. The fraction of sp³-hybridized carbons (Fsp3) is 0.167. The molecular formula is C18H16FN3O2S2. The topological polar surface area (TPSA) is 71.1 Å². The maximum atomic E-state index is 13.1. The molecular weight excluding hydrogens is 373 g/mol. The molecule has 1 aromatic carbocycles. The molecule has 8 heteroatoms. The molecule has 0 atom stereocenters. The molecule has 26 heavy (non-hydrogen) atoms. The third kappa shape index (κ3) is 5.21. The Kier molecular flexibility index (Phi) is 6.08. The van der Waals surface area contributed by atoms with Crippen molar-refractivity contribution in [3.05, 3.63) is 69.1 Å². The lowest BCUT2D eigenvalue weighted by atomic mass is 10.1. The number of rotatable bonds is 7. The van der Waals surface area contributed by atoms with Gasteiger partial charge in [-0.2, -0.15) is 0 Å². The number of amides is 2. The van der Waals surface area contributed by atoms with E-state index in [1.165, 1.54) is 34.8 Å². The Balaban J connectivity index is 1.44. The molecule has 134 valence electrons. The zero-order valence-corrected chi connectivity index (χ0v) is 15.3. The molecule has 0 aliphatic carbocycles. The fourth-order valence-corrected chi connectivity index (χ4v) is 3.60. The predicted molar refractivity (Wildman–Crippen MR) is 101 cm³/mol. The predicted octanol–water partition coefficient (Wildman–Crippen LogP) is 3.50. The van der Waals surface area contributed by atoms with Crippen LogP contribution >= 0.6 is 22.7 Å². The summed E-state index contributed by atoms with van der Waals surface area (Å²) in [6.07, 6.45) is 0.692. The van der Waals surface area contributed by atoms with Crippen LogP contribution in [0.3, 0.4) is 0 Å². The lowest BCUT2D eigenvalue weighted by molar-refractivity contribution is -0.120. The van der Waals surface area contributed by atoms with Crippen LogP contribution in [-0.2, 0) is 17.6 Å². The Morgan fingerprint density at radius 3 is 2.81 bits per heavy atom. The molecule has 0 bridgehead atoms. The number of hydrogen-bond donors (Lipinski definition) is 2. The van der Waals surface area contributed by atoms with Crippen molar-refractivity contribution in [3.8, 4) is 0 Å². The normalized spacial score (nSPS) is 10.5. The first-order valence-corrected chi connectivity index (χ1v) is 9.66. The van der Waals surface area contributed by atoms with E-state index in [0.717, 1.165) is 5.56 Å². The average molecular weight is 389 g/mol. The highest BCUT2D eigenvalue weighted by Crippen LogP contribution is 2.18. The Hall–Kier alpha value is -2.58. The van der Waals surface area contributed by atoms with Crippen molar-refractivity contribution in [2.75, 3.05) is 11.9 Å². The smallest absolute Gasteiger partial charge is 0.267 e. The molecule has 0 unspecified atom stereocenters. The van der Waals surface area contributed by atoms with Crippen LogP contribution in [0.15, 0.2) is 47.2 Å². The minimum atomic E-state index is -0.284. The third-order valence-electron chi connectivity index (χ3n) is 3.48.